The van der Waals surface area contributed by atoms with E-state index in [0.717, 1.165) is 29.1 Å². The minimum atomic E-state index is 0.702. The number of benzene rings is 1. The molecule has 0 aliphatic heterocycles. The van der Waals surface area contributed by atoms with E-state index >= 15 is 0 Å². The maximum absolute atomic E-state index is 6.01. The number of ether oxygens (including phenoxy) is 1. The van der Waals surface area contributed by atoms with Gasteiger partial charge in [-0.25, -0.2) is 4.98 Å². The molecule has 2 aromatic heterocycles. The van der Waals surface area contributed by atoms with Crippen LogP contribution < -0.4 is 10.5 Å². The fourth-order valence-corrected chi connectivity index (χ4v) is 2.23. The van der Waals surface area contributed by atoms with Gasteiger partial charge in [-0.1, -0.05) is 18.2 Å². The number of hydrogen-bond acceptors (Lipinski definition) is 3. The number of anilines is 1. The Balaban J connectivity index is 2.01. The molecule has 0 fully saturated rings. The smallest absolute Gasteiger partial charge is 0.119 e. The molecule has 0 radical (unpaired) electrons. The predicted molar refractivity (Wildman–Crippen MR) is 75.4 cm³/mol. The van der Waals surface area contributed by atoms with E-state index in [2.05, 4.69) is 11.1 Å². The third-order valence-electron chi connectivity index (χ3n) is 3.15. The van der Waals surface area contributed by atoms with Gasteiger partial charge in [0.05, 0.1) is 18.8 Å². The summed E-state index contributed by atoms with van der Waals surface area (Å²) in [6, 6.07) is 13.8. The maximum atomic E-state index is 6.01. The van der Waals surface area contributed by atoms with E-state index in [0.29, 0.717) is 5.82 Å². The second kappa shape index (κ2) is 4.65. The SMILES string of the molecule is COc1cccc(Cc2ncc3cccc(N)n23)c1. The first-order valence-electron chi connectivity index (χ1n) is 6.11. The maximum Gasteiger partial charge on any atom is 0.119 e. The van der Waals surface area contributed by atoms with Crippen LogP contribution >= 0.6 is 0 Å². The van der Waals surface area contributed by atoms with Crippen LogP contribution in [0, 0.1) is 0 Å². The van der Waals surface area contributed by atoms with Gasteiger partial charge in [0.2, 0.25) is 0 Å². The molecule has 0 bridgehead atoms. The minimum absolute atomic E-state index is 0.702. The Morgan fingerprint density at radius 1 is 1.21 bits per heavy atom. The first-order valence-corrected chi connectivity index (χ1v) is 6.11. The molecule has 0 amide bonds. The third-order valence-corrected chi connectivity index (χ3v) is 3.15. The Labute approximate surface area is 111 Å². The van der Waals surface area contributed by atoms with Gasteiger partial charge in [0.15, 0.2) is 0 Å². The highest BCUT2D eigenvalue weighted by Gasteiger charge is 2.07. The van der Waals surface area contributed by atoms with Crippen molar-refractivity contribution in [3.8, 4) is 5.75 Å². The molecule has 4 nitrogen and oxygen atoms in total. The number of hydrogen-bond donors (Lipinski definition) is 1. The number of pyridine rings is 1. The lowest BCUT2D eigenvalue weighted by molar-refractivity contribution is 0.414. The summed E-state index contributed by atoms with van der Waals surface area (Å²) in [5.74, 6) is 2.49. The van der Waals surface area contributed by atoms with Crippen molar-refractivity contribution in [1.29, 1.82) is 0 Å². The normalized spacial score (nSPS) is 10.8. The van der Waals surface area contributed by atoms with Crippen molar-refractivity contribution in [1.82, 2.24) is 9.38 Å². The fraction of sp³-hybridized carbons (Fsp3) is 0.133. The standard InChI is InChI=1S/C15H15N3O/c1-19-13-6-2-4-11(8-13)9-15-17-10-12-5-3-7-14(16)18(12)15/h2-8,10H,9,16H2,1H3. The first-order chi connectivity index (χ1) is 9.28. The van der Waals surface area contributed by atoms with E-state index in [1.807, 2.05) is 47.0 Å². The molecule has 1 aromatic carbocycles. The molecule has 4 heteroatoms. The third kappa shape index (κ3) is 2.12. The van der Waals surface area contributed by atoms with Crippen LogP contribution in [0.25, 0.3) is 5.52 Å². The van der Waals surface area contributed by atoms with E-state index in [4.69, 9.17) is 10.5 Å². The van der Waals surface area contributed by atoms with Crippen LogP contribution in [0.3, 0.4) is 0 Å². The first kappa shape index (κ1) is 11.6. The molecule has 0 unspecified atom stereocenters. The molecule has 0 spiro atoms. The Hall–Kier alpha value is -2.49. The van der Waals surface area contributed by atoms with Crippen molar-refractivity contribution < 1.29 is 4.74 Å². The van der Waals surface area contributed by atoms with Crippen molar-refractivity contribution in [3.05, 3.63) is 60.0 Å². The molecule has 3 aromatic rings. The lowest BCUT2D eigenvalue weighted by Crippen LogP contribution is -2.02. The van der Waals surface area contributed by atoms with Crippen LogP contribution in [-0.4, -0.2) is 16.5 Å². The predicted octanol–water partition coefficient (Wildman–Crippen LogP) is 2.52. The van der Waals surface area contributed by atoms with Gasteiger partial charge < -0.3 is 10.5 Å². The van der Waals surface area contributed by atoms with Crippen LogP contribution in [0.2, 0.25) is 0 Å². The molecular formula is C15H15N3O. The number of nitrogens with two attached hydrogens (primary N) is 1. The van der Waals surface area contributed by atoms with E-state index in [1.54, 1.807) is 7.11 Å². The van der Waals surface area contributed by atoms with Gasteiger partial charge in [0, 0.05) is 6.42 Å². The average Bonchev–Trinajstić information content (AvgIpc) is 2.84. The molecule has 2 heterocycles. The molecule has 3 rings (SSSR count). The van der Waals surface area contributed by atoms with Gasteiger partial charge in [0.25, 0.3) is 0 Å². The molecule has 96 valence electrons. The molecule has 2 N–H and O–H groups in total. The zero-order valence-electron chi connectivity index (χ0n) is 10.7. The Kier molecular flexibility index (Phi) is 2.83. The van der Waals surface area contributed by atoms with E-state index < -0.39 is 0 Å². The summed E-state index contributed by atoms with van der Waals surface area (Å²) < 4.78 is 7.21. The molecule has 0 saturated heterocycles. The summed E-state index contributed by atoms with van der Waals surface area (Å²) >= 11 is 0. The van der Waals surface area contributed by atoms with E-state index in [-0.39, 0.29) is 0 Å². The molecule has 0 atom stereocenters. The van der Waals surface area contributed by atoms with Crippen LogP contribution in [0.15, 0.2) is 48.7 Å². The summed E-state index contributed by atoms with van der Waals surface area (Å²) in [6.45, 7) is 0. The van der Waals surface area contributed by atoms with Crippen molar-refractivity contribution in [2.24, 2.45) is 0 Å². The van der Waals surface area contributed by atoms with Gasteiger partial charge in [-0.05, 0) is 29.8 Å². The lowest BCUT2D eigenvalue weighted by atomic mass is 10.1. The number of nitrogens with zero attached hydrogens (tertiary/aromatic N) is 2. The number of nitrogen functional groups attached to an aromatic ring is 1. The molecule has 19 heavy (non-hydrogen) atoms. The number of imidazole rings is 1. The van der Waals surface area contributed by atoms with Crippen LogP contribution in [0.4, 0.5) is 5.82 Å². The summed E-state index contributed by atoms with van der Waals surface area (Å²) in [5, 5.41) is 0. The Morgan fingerprint density at radius 2 is 2.05 bits per heavy atom. The highest BCUT2D eigenvalue weighted by Crippen LogP contribution is 2.18. The summed E-state index contributed by atoms with van der Waals surface area (Å²) in [5.41, 5.74) is 8.17. The quantitative estimate of drug-likeness (QED) is 0.780. The monoisotopic (exact) mass is 253 g/mol. The van der Waals surface area contributed by atoms with Gasteiger partial charge in [0.1, 0.15) is 17.4 Å². The lowest BCUT2D eigenvalue weighted by Gasteiger charge is -2.06. The van der Waals surface area contributed by atoms with E-state index in [1.165, 1.54) is 0 Å². The number of fused-ring (bicyclic) bond motifs is 1. The van der Waals surface area contributed by atoms with Gasteiger partial charge in [-0.15, -0.1) is 0 Å². The Bertz CT molecular complexity index is 718. The second-order valence-electron chi connectivity index (χ2n) is 4.41. The van der Waals surface area contributed by atoms with Gasteiger partial charge >= 0.3 is 0 Å². The van der Waals surface area contributed by atoms with Crippen LogP contribution in [0.5, 0.6) is 5.75 Å². The van der Waals surface area contributed by atoms with Crippen molar-refractivity contribution in [2.75, 3.05) is 12.8 Å². The van der Waals surface area contributed by atoms with Crippen molar-refractivity contribution >= 4 is 11.3 Å². The second-order valence-corrected chi connectivity index (χ2v) is 4.41. The molecule has 0 aliphatic carbocycles. The molecule has 0 aliphatic rings. The average molecular weight is 253 g/mol. The Morgan fingerprint density at radius 3 is 2.89 bits per heavy atom. The highest BCUT2D eigenvalue weighted by molar-refractivity contribution is 5.53. The number of aromatic nitrogens is 2. The van der Waals surface area contributed by atoms with Gasteiger partial charge in [-0.3, -0.25) is 4.40 Å². The topological polar surface area (TPSA) is 52.5 Å². The fourth-order valence-electron chi connectivity index (χ4n) is 2.23. The molecular weight excluding hydrogens is 238 g/mol. The minimum Gasteiger partial charge on any atom is -0.497 e. The summed E-state index contributed by atoms with van der Waals surface area (Å²) in [4.78, 5) is 4.45. The van der Waals surface area contributed by atoms with Gasteiger partial charge in [-0.2, -0.15) is 0 Å². The van der Waals surface area contributed by atoms with E-state index in [9.17, 15) is 0 Å². The molecule has 0 saturated carbocycles. The number of rotatable bonds is 3. The van der Waals surface area contributed by atoms with Crippen LogP contribution in [0.1, 0.15) is 11.4 Å². The van der Waals surface area contributed by atoms with Crippen LogP contribution in [-0.2, 0) is 6.42 Å². The number of methoxy groups -OCH3 is 1. The van der Waals surface area contributed by atoms with Crippen molar-refractivity contribution in [3.63, 3.8) is 0 Å². The highest BCUT2D eigenvalue weighted by atomic mass is 16.5. The zero-order chi connectivity index (χ0) is 13.2. The summed E-state index contributed by atoms with van der Waals surface area (Å²) in [7, 11) is 1.67. The zero-order valence-corrected chi connectivity index (χ0v) is 10.7. The largest absolute Gasteiger partial charge is 0.497 e. The summed E-state index contributed by atoms with van der Waals surface area (Å²) in [6.07, 6.45) is 2.56. The van der Waals surface area contributed by atoms with Crippen molar-refractivity contribution in [2.45, 2.75) is 6.42 Å².